The first-order chi connectivity index (χ1) is 12.5. The summed E-state index contributed by atoms with van der Waals surface area (Å²) in [5, 5.41) is 10.4. The number of nitrogens with one attached hydrogen (secondary N) is 2. The van der Waals surface area contributed by atoms with Crippen LogP contribution in [0.5, 0.6) is 0 Å². The molecule has 0 unspecified atom stereocenters. The molecular weight excluding hydrogens is 461 g/mol. The standard InChI is InChI=1S/C18H27N5O3.HI/c1-13(2)16-10-15(26-22-16)11-20-18(21-12-17(24)23(3)4)19-8-7-14-6-5-9-25-14;/h5-6,9-10,13H,7-8,11-12H2,1-4H3,(H2,19,20,21);1H. The number of likely N-dealkylation sites (N-methyl/N-ethyl adjacent to an activating group) is 1. The van der Waals surface area contributed by atoms with Crippen LogP contribution in [0.3, 0.4) is 0 Å². The van der Waals surface area contributed by atoms with E-state index >= 15 is 0 Å². The number of nitrogens with zero attached hydrogens (tertiary/aromatic N) is 3. The number of amides is 1. The van der Waals surface area contributed by atoms with Gasteiger partial charge in [-0.2, -0.15) is 0 Å². The molecule has 0 fully saturated rings. The van der Waals surface area contributed by atoms with Crippen LogP contribution in [0.25, 0.3) is 0 Å². The molecule has 150 valence electrons. The fraction of sp³-hybridized carbons (Fsp3) is 0.500. The van der Waals surface area contributed by atoms with E-state index in [2.05, 4.69) is 34.6 Å². The second-order valence-electron chi connectivity index (χ2n) is 6.44. The first kappa shape index (κ1) is 23.0. The molecule has 0 spiro atoms. The van der Waals surface area contributed by atoms with Crippen molar-refractivity contribution in [1.82, 2.24) is 20.7 Å². The lowest BCUT2D eigenvalue weighted by atomic mass is 10.1. The number of halogens is 1. The number of furan rings is 1. The highest BCUT2D eigenvalue weighted by atomic mass is 127. The van der Waals surface area contributed by atoms with Crippen molar-refractivity contribution >= 4 is 35.8 Å². The Balaban J connectivity index is 0.00000364. The van der Waals surface area contributed by atoms with Crippen molar-refractivity contribution in [2.75, 3.05) is 27.2 Å². The lowest BCUT2D eigenvalue weighted by Gasteiger charge is -2.12. The topological polar surface area (TPSA) is 95.9 Å². The van der Waals surface area contributed by atoms with Gasteiger partial charge in [-0.15, -0.1) is 24.0 Å². The smallest absolute Gasteiger partial charge is 0.243 e. The third-order valence-corrected chi connectivity index (χ3v) is 3.71. The zero-order valence-electron chi connectivity index (χ0n) is 16.2. The van der Waals surface area contributed by atoms with Crippen molar-refractivity contribution < 1.29 is 13.7 Å². The average Bonchev–Trinajstić information content (AvgIpc) is 3.28. The largest absolute Gasteiger partial charge is 0.469 e. The Morgan fingerprint density at radius 1 is 1.30 bits per heavy atom. The molecule has 2 aromatic heterocycles. The highest BCUT2D eigenvalue weighted by Crippen LogP contribution is 2.13. The Labute approximate surface area is 176 Å². The summed E-state index contributed by atoms with van der Waals surface area (Å²) in [6.45, 7) is 5.25. The fourth-order valence-corrected chi connectivity index (χ4v) is 2.08. The molecule has 2 aromatic rings. The molecule has 2 N–H and O–H groups in total. The van der Waals surface area contributed by atoms with Gasteiger partial charge in [0.25, 0.3) is 0 Å². The Bertz CT molecular complexity index is 710. The summed E-state index contributed by atoms with van der Waals surface area (Å²) in [6.07, 6.45) is 2.36. The van der Waals surface area contributed by atoms with Crippen LogP contribution >= 0.6 is 24.0 Å². The zero-order chi connectivity index (χ0) is 18.9. The van der Waals surface area contributed by atoms with Crippen molar-refractivity contribution in [2.45, 2.75) is 32.7 Å². The Kier molecular flexibility index (Phi) is 9.90. The summed E-state index contributed by atoms with van der Waals surface area (Å²) in [7, 11) is 3.41. The average molecular weight is 489 g/mol. The summed E-state index contributed by atoms with van der Waals surface area (Å²) < 4.78 is 10.6. The third-order valence-electron chi connectivity index (χ3n) is 3.71. The minimum atomic E-state index is -0.0705. The molecule has 0 radical (unpaired) electrons. The van der Waals surface area contributed by atoms with Crippen molar-refractivity contribution in [2.24, 2.45) is 4.99 Å². The molecule has 27 heavy (non-hydrogen) atoms. The van der Waals surface area contributed by atoms with Crippen LogP contribution in [-0.2, 0) is 17.8 Å². The quantitative estimate of drug-likeness (QED) is 0.336. The van der Waals surface area contributed by atoms with E-state index in [9.17, 15) is 4.79 Å². The van der Waals surface area contributed by atoms with Crippen LogP contribution in [0.2, 0.25) is 0 Å². The van der Waals surface area contributed by atoms with E-state index < -0.39 is 0 Å². The van der Waals surface area contributed by atoms with Gasteiger partial charge in [0.2, 0.25) is 5.91 Å². The molecule has 0 bridgehead atoms. The van der Waals surface area contributed by atoms with Crippen molar-refractivity contribution in [3.8, 4) is 0 Å². The van der Waals surface area contributed by atoms with Crippen molar-refractivity contribution in [3.05, 3.63) is 41.7 Å². The van der Waals surface area contributed by atoms with Crippen LogP contribution in [0.1, 0.15) is 37.0 Å². The molecule has 0 aliphatic rings. The van der Waals surface area contributed by atoms with Crippen LogP contribution < -0.4 is 10.6 Å². The van der Waals surface area contributed by atoms with Gasteiger partial charge in [-0.05, 0) is 18.1 Å². The monoisotopic (exact) mass is 489 g/mol. The Morgan fingerprint density at radius 3 is 2.67 bits per heavy atom. The van der Waals surface area contributed by atoms with Crippen molar-refractivity contribution in [1.29, 1.82) is 0 Å². The van der Waals surface area contributed by atoms with E-state index in [0.717, 1.165) is 17.9 Å². The van der Waals surface area contributed by atoms with Gasteiger partial charge in [0.15, 0.2) is 11.7 Å². The summed E-state index contributed by atoms with van der Waals surface area (Å²) >= 11 is 0. The summed E-state index contributed by atoms with van der Waals surface area (Å²) in [4.78, 5) is 17.6. The first-order valence-electron chi connectivity index (χ1n) is 8.66. The van der Waals surface area contributed by atoms with Crippen molar-refractivity contribution in [3.63, 3.8) is 0 Å². The van der Waals surface area contributed by atoms with E-state index in [4.69, 9.17) is 8.94 Å². The lowest BCUT2D eigenvalue weighted by molar-refractivity contribution is -0.127. The van der Waals surface area contributed by atoms with Gasteiger partial charge in [0, 0.05) is 33.1 Å². The molecule has 9 heteroatoms. The molecule has 0 atom stereocenters. The van der Waals surface area contributed by atoms with Gasteiger partial charge in [-0.3, -0.25) is 4.79 Å². The number of aliphatic imine (C=N–C) groups is 1. The van der Waals surface area contributed by atoms with Gasteiger partial charge in [0.1, 0.15) is 12.3 Å². The number of aromatic nitrogens is 1. The summed E-state index contributed by atoms with van der Waals surface area (Å²) in [6, 6.07) is 5.70. The molecular formula is C18H28IN5O3. The summed E-state index contributed by atoms with van der Waals surface area (Å²) in [5.74, 6) is 2.38. The molecule has 0 aromatic carbocycles. The number of guanidine groups is 1. The molecule has 2 rings (SSSR count). The van der Waals surface area contributed by atoms with Gasteiger partial charge >= 0.3 is 0 Å². The first-order valence-corrected chi connectivity index (χ1v) is 8.66. The third kappa shape index (κ3) is 8.02. The number of carbonyl (C=O) groups is 1. The molecule has 1 amide bonds. The molecule has 0 saturated heterocycles. The lowest BCUT2D eigenvalue weighted by Crippen LogP contribution is -2.39. The van der Waals surface area contributed by atoms with Crippen LogP contribution in [-0.4, -0.2) is 49.1 Å². The van der Waals surface area contributed by atoms with E-state index in [1.54, 1.807) is 20.4 Å². The maximum absolute atomic E-state index is 11.8. The SMILES string of the molecule is CC(C)c1cc(CNC(=NCC(=O)N(C)C)NCCc2ccco2)on1.I. The minimum Gasteiger partial charge on any atom is -0.469 e. The molecule has 0 aliphatic heterocycles. The maximum Gasteiger partial charge on any atom is 0.243 e. The fourth-order valence-electron chi connectivity index (χ4n) is 2.08. The Hall–Kier alpha value is -2.04. The van der Waals surface area contributed by atoms with Crippen LogP contribution in [0.15, 0.2) is 38.4 Å². The van der Waals surface area contributed by atoms with E-state index in [1.165, 1.54) is 4.90 Å². The maximum atomic E-state index is 11.8. The molecule has 8 nitrogen and oxygen atoms in total. The molecule has 0 saturated carbocycles. The van der Waals surface area contributed by atoms with Crippen LogP contribution in [0, 0.1) is 0 Å². The van der Waals surface area contributed by atoms with Gasteiger partial charge in [-0.25, -0.2) is 4.99 Å². The van der Waals surface area contributed by atoms with Crippen LogP contribution in [0.4, 0.5) is 0 Å². The predicted octanol–water partition coefficient (Wildman–Crippen LogP) is 2.38. The second kappa shape index (κ2) is 11.6. The minimum absolute atomic E-state index is 0. The zero-order valence-corrected chi connectivity index (χ0v) is 18.5. The highest BCUT2D eigenvalue weighted by Gasteiger charge is 2.09. The molecule has 2 heterocycles. The second-order valence-corrected chi connectivity index (χ2v) is 6.44. The Morgan fingerprint density at radius 2 is 2.07 bits per heavy atom. The number of carbonyl (C=O) groups excluding carboxylic acids is 1. The van der Waals surface area contributed by atoms with Gasteiger partial charge < -0.3 is 24.5 Å². The predicted molar refractivity (Wildman–Crippen MR) is 114 cm³/mol. The number of hydrogen-bond acceptors (Lipinski definition) is 5. The van der Waals surface area contributed by atoms with E-state index in [-0.39, 0.29) is 36.4 Å². The number of hydrogen-bond donors (Lipinski definition) is 2. The van der Waals surface area contributed by atoms with Gasteiger partial charge in [-0.1, -0.05) is 19.0 Å². The van der Waals surface area contributed by atoms with Gasteiger partial charge in [0.05, 0.1) is 18.5 Å². The van der Waals surface area contributed by atoms with E-state index in [0.29, 0.717) is 30.7 Å². The number of rotatable bonds is 8. The summed E-state index contributed by atoms with van der Waals surface area (Å²) in [5.41, 5.74) is 0.911. The van der Waals surface area contributed by atoms with E-state index in [1.807, 2.05) is 18.2 Å². The highest BCUT2D eigenvalue weighted by molar-refractivity contribution is 14.0. The normalized spacial score (nSPS) is 11.2. The molecule has 0 aliphatic carbocycles.